The van der Waals surface area contributed by atoms with E-state index < -0.39 is 31.2 Å². The van der Waals surface area contributed by atoms with E-state index in [-0.39, 0.29) is 120 Å². The van der Waals surface area contributed by atoms with Gasteiger partial charge in [-0.2, -0.15) is 25.3 Å². The molecule has 12 N–H and O–H groups in total. The van der Waals surface area contributed by atoms with E-state index in [1.807, 2.05) is 0 Å². The zero-order valence-electron chi connectivity index (χ0n) is 12.0. The molecule has 26 heteroatoms. The third-order valence-electron chi connectivity index (χ3n) is 0. The fourth-order valence-electron chi connectivity index (χ4n) is 0. The summed E-state index contributed by atoms with van der Waals surface area (Å²) in [4.78, 5) is 0. The standard InChI is InChI=1S/5Al.3H2O4S.3H2O.3O/c;;;;;3*1-5(2,3)4;;;;;;/h;;;;;3*(H2,1,2,3,4);3*1H2;;;/q5*+3;;;;;;;3*-2. The topological polar surface area (TPSA) is 404 Å². The van der Waals surface area contributed by atoms with Crippen molar-refractivity contribution in [3.05, 3.63) is 0 Å². The Bertz CT molecular complexity index is 352. The Balaban J connectivity index is -0.00000000571. The van der Waals surface area contributed by atoms with Crippen LogP contribution in [0.2, 0.25) is 0 Å². The first-order valence-electron chi connectivity index (χ1n) is 2.10. The van der Waals surface area contributed by atoms with Gasteiger partial charge in [-0.1, -0.05) is 0 Å². The van der Waals surface area contributed by atoms with Gasteiger partial charge in [0.05, 0.1) is 0 Å². The Hall–Kier alpha value is 2.03. The van der Waals surface area contributed by atoms with Gasteiger partial charge in [0.1, 0.15) is 0 Å². The fraction of sp³-hybridized carbons (Fsp3) is 0. The summed E-state index contributed by atoms with van der Waals surface area (Å²) < 4.78 is 94.8. The minimum Gasteiger partial charge on any atom is -2.00 e. The van der Waals surface area contributed by atoms with E-state index >= 15 is 0 Å². The SMILES string of the molecule is O.O.O.O=S(=O)(O)O.O=S(=O)(O)O.O=S(=O)(O)O.[Al+3].[Al+3].[Al+3].[Al+3].[Al+3].[O-2].[O-2].[O-2]. The maximum absolute atomic E-state index is 8.74. The third kappa shape index (κ3) is 3950. The van der Waals surface area contributed by atoms with Crippen LogP contribution in [0.3, 0.4) is 0 Å². The normalized spacial score (nSPS) is 6.69. The summed E-state index contributed by atoms with van der Waals surface area (Å²) >= 11 is 0. The zero-order chi connectivity index (χ0) is 13.5. The van der Waals surface area contributed by atoms with Crippen LogP contribution in [0.5, 0.6) is 0 Å². The maximum Gasteiger partial charge on any atom is 3.00 e. The van der Waals surface area contributed by atoms with Crippen LogP contribution in [0.25, 0.3) is 0 Å². The fourth-order valence-corrected chi connectivity index (χ4v) is 0. The van der Waals surface area contributed by atoms with Crippen molar-refractivity contribution < 1.29 is 85.4 Å². The van der Waals surface area contributed by atoms with Crippen molar-refractivity contribution >= 4 is 118 Å². The largest absolute Gasteiger partial charge is 3.00 e. The van der Waals surface area contributed by atoms with Gasteiger partial charge in [0, 0.05) is 0 Å². The van der Waals surface area contributed by atoms with E-state index in [1.54, 1.807) is 0 Å². The quantitative estimate of drug-likeness (QED) is 0.125. The Kier molecular flexibility index (Phi) is 183. The molecular weight excluding hydrogens is 519 g/mol. The van der Waals surface area contributed by atoms with Gasteiger partial charge in [-0.05, 0) is 0 Å². The van der Waals surface area contributed by atoms with Crippen LogP contribution >= 0.6 is 0 Å². The number of hydrogen-bond donors (Lipinski definition) is 6. The molecule has 0 fully saturated rings. The first-order valence-corrected chi connectivity index (χ1v) is 6.29. The van der Waals surface area contributed by atoms with Gasteiger partial charge in [-0.25, -0.2) is 0 Å². The summed E-state index contributed by atoms with van der Waals surface area (Å²) in [5.74, 6) is 0. The van der Waals surface area contributed by atoms with Crippen LogP contribution in [0.4, 0.5) is 0 Å². The number of rotatable bonds is 0. The molecule has 0 aromatic heterocycles. The van der Waals surface area contributed by atoms with E-state index in [2.05, 4.69) is 0 Å². The van der Waals surface area contributed by atoms with Crippen LogP contribution in [0.15, 0.2) is 0 Å². The Labute approximate surface area is 202 Å². The monoisotopic (exact) mass is 531 g/mol. The molecule has 0 aromatic rings. The van der Waals surface area contributed by atoms with Crippen LogP contribution in [-0.4, -0.2) is 156 Å². The van der Waals surface area contributed by atoms with Gasteiger partial charge in [0.2, 0.25) is 0 Å². The van der Waals surface area contributed by atoms with Gasteiger partial charge in [-0.3, -0.25) is 27.3 Å². The molecule has 0 radical (unpaired) electrons. The first kappa shape index (κ1) is 104. The predicted octanol–water partition coefficient (Wildman–Crippen LogP) is -6.69. The van der Waals surface area contributed by atoms with Crippen LogP contribution < -0.4 is 0 Å². The van der Waals surface area contributed by atoms with Gasteiger partial charge < -0.3 is 32.9 Å². The minimum absolute atomic E-state index is 0. The smallest absolute Gasteiger partial charge is 2.00 e. The molecule has 0 aliphatic heterocycles. The van der Waals surface area contributed by atoms with Gasteiger partial charge in [0.25, 0.3) is 0 Å². The molecule has 0 aliphatic carbocycles. The van der Waals surface area contributed by atoms with Crippen molar-refractivity contribution in [1.29, 1.82) is 0 Å². The molecule has 0 saturated heterocycles. The summed E-state index contributed by atoms with van der Waals surface area (Å²) in [5, 5.41) is 0. The first-order chi connectivity index (χ1) is 6.00. The minimum atomic E-state index is -4.67. The second kappa shape index (κ2) is 45.7. The van der Waals surface area contributed by atoms with E-state index in [4.69, 9.17) is 52.6 Å². The molecule has 0 aromatic carbocycles. The average molecular weight is 531 g/mol. The molecule has 0 unspecified atom stereocenters. The second-order valence-electron chi connectivity index (χ2n) is 1.34. The molecule has 0 amide bonds. The molecule has 26 heavy (non-hydrogen) atoms. The van der Waals surface area contributed by atoms with Crippen molar-refractivity contribution in [2.75, 3.05) is 0 Å². The molecule has 0 atom stereocenters. The number of hydrogen-bond acceptors (Lipinski definition) is 6. The Morgan fingerprint density at radius 3 is 0.346 bits per heavy atom. The average Bonchev–Trinajstić information content (AvgIpc) is 1.41. The summed E-state index contributed by atoms with van der Waals surface area (Å²) in [7, 11) is -14.0. The van der Waals surface area contributed by atoms with Crippen molar-refractivity contribution in [2.24, 2.45) is 0 Å². The van der Waals surface area contributed by atoms with E-state index in [0.717, 1.165) is 0 Å². The van der Waals surface area contributed by atoms with Crippen molar-refractivity contribution in [3.63, 3.8) is 0 Å². The Morgan fingerprint density at radius 2 is 0.346 bits per heavy atom. The Morgan fingerprint density at radius 1 is 0.346 bits per heavy atom. The molecule has 0 saturated carbocycles. The molecule has 0 aliphatic rings. The van der Waals surface area contributed by atoms with Crippen molar-refractivity contribution in [3.8, 4) is 0 Å². The molecule has 0 bridgehead atoms. The van der Waals surface area contributed by atoms with E-state index in [0.29, 0.717) is 0 Å². The van der Waals surface area contributed by atoms with Crippen LogP contribution in [0.1, 0.15) is 0 Å². The third-order valence-corrected chi connectivity index (χ3v) is 0. The molecule has 144 valence electrons. The maximum atomic E-state index is 8.74. The van der Waals surface area contributed by atoms with Crippen LogP contribution in [0, 0.1) is 0 Å². The summed E-state index contributed by atoms with van der Waals surface area (Å²) in [6, 6.07) is 0. The summed E-state index contributed by atoms with van der Waals surface area (Å²) in [6.07, 6.45) is 0. The van der Waals surface area contributed by atoms with Crippen molar-refractivity contribution in [1.82, 2.24) is 0 Å². The van der Waals surface area contributed by atoms with Crippen LogP contribution in [-0.2, 0) is 47.6 Å². The summed E-state index contributed by atoms with van der Waals surface area (Å²) in [5.41, 5.74) is 0. The molecule has 18 nitrogen and oxygen atoms in total. The molecule has 0 spiro atoms. The van der Waals surface area contributed by atoms with E-state index in [1.165, 1.54) is 0 Å². The van der Waals surface area contributed by atoms with Gasteiger partial charge in [0.15, 0.2) is 0 Å². The van der Waals surface area contributed by atoms with Gasteiger partial charge in [-0.15, -0.1) is 0 Å². The second-order valence-corrected chi connectivity index (χ2v) is 4.03. The molecular formula is H12Al5O18S3+9. The van der Waals surface area contributed by atoms with Crippen molar-refractivity contribution in [2.45, 2.75) is 0 Å². The van der Waals surface area contributed by atoms with E-state index in [9.17, 15) is 0 Å². The molecule has 0 rings (SSSR count). The summed E-state index contributed by atoms with van der Waals surface area (Å²) in [6.45, 7) is 0. The molecule has 0 heterocycles. The van der Waals surface area contributed by atoms with Gasteiger partial charge >= 0.3 is 118 Å². The predicted molar refractivity (Wildman–Crippen MR) is 84.2 cm³/mol. The zero-order valence-corrected chi connectivity index (χ0v) is 20.2.